The van der Waals surface area contributed by atoms with Crippen molar-refractivity contribution in [2.24, 2.45) is 10.7 Å². The van der Waals surface area contributed by atoms with E-state index in [-0.39, 0.29) is 12.1 Å². The van der Waals surface area contributed by atoms with Crippen LogP contribution in [0.2, 0.25) is 0 Å². The van der Waals surface area contributed by atoms with E-state index in [1.165, 1.54) is 12.1 Å². The zero-order chi connectivity index (χ0) is 14.8. The second-order valence-corrected chi connectivity index (χ2v) is 4.52. The predicted molar refractivity (Wildman–Crippen MR) is 70.7 cm³/mol. The summed E-state index contributed by atoms with van der Waals surface area (Å²) >= 11 is 0. The summed E-state index contributed by atoms with van der Waals surface area (Å²) in [4.78, 5) is 6.05. The maximum absolute atomic E-state index is 12.5. The summed E-state index contributed by atoms with van der Waals surface area (Å²) in [5, 5.41) is 0. The van der Waals surface area contributed by atoms with E-state index in [2.05, 4.69) is 4.99 Å². The minimum Gasteiger partial charge on any atom is -0.463 e. The maximum Gasteiger partial charge on any atom is 0.416 e. The van der Waals surface area contributed by atoms with Gasteiger partial charge in [-0.25, -0.2) is 4.99 Å². The van der Waals surface area contributed by atoms with E-state index in [1.54, 1.807) is 0 Å². The Hall–Kier alpha value is -1.92. The molecule has 110 valence electrons. The zero-order valence-electron chi connectivity index (χ0n) is 11.0. The third-order valence-corrected chi connectivity index (χ3v) is 3.11. The van der Waals surface area contributed by atoms with Gasteiger partial charge in [0.25, 0.3) is 6.02 Å². The van der Waals surface area contributed by atoms with Crippen molar-refractivity contribution in [2.75, 3.05) is 24.6 Å². The summed E-state index contributed by atoms with van der Waals surface area (Å²) < 4.78 is 42.6. The molecule has 0 aliphatic carbocycles. The molecule has 1 heterocycles. The van der Waals surface area contributed by atoms with Gasteiger partial charge in [0, 0.05) is 18.8 Å². The van der Waals surface area contributed by atoms with Crippen LogP contribution in [0.15, 0.2) is 29.3 Å². The van der Waals surface area contributed by atoms with E-state index in [0.717, 1.165) is 17.8 Å². The first-order chi connectivity index (χ1) is 9.40. The third-order valence-electron chi connectivity index (χ3n) is 3.11. The van der Waals surface area contributed by atoms with Gasteiger partial charge in [0.2, 0.25) is 0 Å². The van der Waals surface area contributed by atoms with Crippen LogP contribution in [0, 0.1) is 0 Å². The molecule has 1 unspecified atom stereocenters. The molecule has 0 bridgehead atoms. The number of amidine groups is 1. The summed E-state index contributed by atoms with van der Waals surface area (Å²) in [6.45, 7) is 3.56. The normalized spacial score (nSPS) is 18.6. The lowest BCUT2D eigenvalue weighted by Crippen LogP contribution is -2.32. The van der Waals surface area contributed by atoms with Crippen molar-refractivity contribution in [3.63, 3.8) is 0 Å². The Balaban J connectivity index is 2.08. The van der Waals surface area contributed by atoms with Crippen molar-refractivity contribution >= 4 is 11.7 Å². The van der Waals surface area contributed by atoms with E-state index >= 15 is 0 Å². The fraction of sp³-hybridized carbons (Fsp3) is 0.462. The van der Waals surface area contributed by atoms with Gasteiger partial charge in [-0.05, 0) is 31.2 Å². The van der Waals surface area contributed by atoms with Crippen molar-refractivity contribution in [3.05, 3.63) is 29.8 Å². The van der Waals surface area contributed by atoms with Crippen LogP contribution in [-0.2, 0) is 10.9 Å². The van der Waals surface area contributed by atoms with Crippen molar-refractivity contribution in [1.29, 1.82) is 0 Å². The second-order valence-electron chi connectivity index (χ2n) is 4.52. The molecule has 0 amide bonds. The average Bonchev–Trinajstić information content (AvgIpc) is 2.81. The first-order valence-corrected chi connectivity index (χ1v) is 6.28. The molecule has 0 fully saturated rings. The summed E-state index contributed by atoms with van der Waals surface area (Å²) in [5.74, 6) is 0. The van der Waals surface area contributed by atoms with Gasteiger partial charge in [-0.2, -0.15) is 13.2 Å². The van der Waals surface area contributed by atoms with E-state index < -0.39 is 11.7 Å². The van der Waals surface area contributed by atoms with Crippen LogP contribution in [0.4, 0.5) is 18.9 Å². The van der Waals surface area contributed by atoms with Crippen LogP contribution in [0.3, 0.4) is 0 Å². The van der Waals surface area contributed by atoms with Crippen LogP contribution in [0.25, 0.3) is 0 Å². The second kappa shape index (κ2) is 5.60. The van der Waals surface area contributed by atoms with Crippen LogP contribution < -0.4 is 10.6 Å². The fourth-order valence-electron chi connectivity index (χ4n) is 2.06. The van der Waals surface area contributed by atoms with E-state index in [0.29, 0.717) is 19.7 Å². The number of hydrogen-bond acceptors (Lipinski definition) is 4. The number of nitrogens with two attached hydrogens (primary N) is 1. The highest BCUT2D eigenvalue weighted by molar-refractivity contribution is 5.73. The van der Waals surface area contributed by atoms with Crippen LogP contribution >= 0.6 is 0 Å². The quantitative estimate of drug-likeness (QED) is 0.924. The van der Waals surface area contributed by atoms with Gasteiger partial charge in [0.15, 0.2) is 0 Å². The molecule has 20 heavy (non-hydrogen) atoms. The lowest BCUT2D eigenvalue weighted by molar-refractivity contribution is -0.137. The van der Waals surface area contributed by atoms with Crippen molar-refractivity contribution in [1.82, 2.24) is 0 Å². The molecule has 1 aromatic rings. The standard InChI is InChI=1S/C13H16F3N3O/c1-2-19(7-10-8-20-12(17)18-10)11-5-3-9(4-6-11)13(14,15)16/h3-6,10H,2,7-8H2,1H3,(H2,17,18). The number of rotatable bonds is 4. The average molecular weight is 287 g/mol. The molecule has 0 saturated heterocycles. The van der Waals surface area contributed by atoms with E-state index in [1.807, 2.05) is 11.8 Å². The Labute approximate surface area is 115 Å². The minimum atomic E-state index is -4.31. The van der Waals surface area contributed by atoms with Gasteiger partial charge >= 0.3 is 6.18 Å². The molecular weight excluding hydrogens is 271 g/mol. The number of anilines is 1. The van der Waals surface area contributed by atoms with E-state index in [4.69, 9.17) is 10.5 Å². The number of nitrogens with zero attached hydrogens (tertiary/aromatic N) is 2. The number of halogens is 3. The van der Waals surface area contributed by atoms with Gasteiger partial charge in [-0.15, -0.1) is 0 Å². The van der Waals surface area contributed by atoms with Crippen molar-refractivity contribution in [2.45, 2.75) is 19.1 Å². The van der Waals surface area contributed by atoms with Crippen LogP contribution in [0.5, 0.6) is 0 Å². The van der Waals surface area contributed by atoms with Crippen LogP contribution in [0.1, 0.15) is 12.5 Å². The molecule has 2 N–H and O–H groups in total. The molecule has 1 aliphatic rings. The first-order valence-electron chi connectivity index (χ1n) is 6.28. The number of hydrogen-bond donors (Lipinski definition) is 1. The number of ether oxygens (including phenoxy) is 1. The maximum atomic E-state index is 12.5. The monoisotopic (exact) mass is 287 g/mol. The fourth-order valence-corrected chi connectivity index (χ4v) is 2.06. The van der Waals surface area contributed by atoms with Crippen molar-refractivity contribution < 1.29 is 17.9 Å². The highest BCUT2D eigenvalue weighted by atomic mass is 19.4. The van der Waals surface area contributed by atoms with E-state index in [9.17, 15) is 13.2 Å². The number of benzene rings is 1. The number of alkyl halides is 3. The van der Waals surface area contributed by atoms with Crippen molar-refractivity contribution in [3.8, 4) is 0 Å². The predicted octanol–water partition coefficient (Wildman–Crippen LogP) is 2.25. The van der Waals surface area contributed by atoms with Gasteiger partial charge < -0.3 is 15.4 Å². The molecule has 7 heteroatoms. The Morgan fingerprint density at radius 2 is 2.00 bits per heavy atom. The SMILES string of the molecule is CCN(CC1COC(N)=N1)c1ccc(C(F)(F)F)cc1. The topological polar surface area (TPSA) is 50.9 Å². The molecule has 1 atom stereocenters. The third kappa shape index (κ3) is 3.34. The molecule has 1 aliphatic heterocycles. The largest absolute Gasteiger partial charge is 0.463 e. The summed E-state index contributed by atoms with van der Waals surface area (Å²) in [6, 6.07) is 5.18. The van der Waals surface area contributed by atoms with Crippen LogP contribution in [-0.4, -0.2) is 31.8 Å². The molecular formula is C13H16F3N3O. The summed E-state index contributed by atoms with van der Waals surface area (Å²) in [5.41, 5.74) is 5.51. The Kier molecular flexibility index (Phi) is 4.06. The Morgan fingerprint density at radius 3 is 2.45 bits per heavy atom. The van der Waals surface area contributed by atoms with Gasteiger partial charge in [-0.3, -0.25) is 0 Å². The minimum absolute atomic E-state index is 0.0859. The molecule has 4 nitrogen and oxygen atoms in total. The van der Waals surface area contributed by atoms with Gasteiger partial charge in [0.1, 0.15) is 12.6 Å². The molecule has 0 aromatic heterocycles. The zero-order valence-corrected chi connectivity index (χ0v) is 11.0. The molecule has 1 aromatic carbocycles. The molecule has 0 saturated carbocycles. The summed E-state index contributed by atoms with van der Waals surface area (Å²) in [7, 11) is 0. The Morgan fingerprint density at radius 1 is 1.35 bits per heavy atom. The van der Waals surface area contributed by atoms with Gasteiger partial charge in [0.05, 0.1) is 5.56 Å². The number of likely N-dealkylation sites (N-methyl/N-ethyl adjacent to an activating group) is 1. The molecule has 0 spiro atoms. The number of aliphatic imine (C=N–C) groups is 1. The lowest BCUT2D eigenvalue weighted by atomic mass is 10.1. The molecule has 0 radical (unpaired) electrons. The highest BCUT2D eigenvalue weighted by Gasteiger charge is 2.30. The highest BCUT2D eigenvalue weighted by Crippen LogP contribution is 2.30. The van der Waals surface area contributed by atoms with Gasteiger partial charge in [-0.1, -0.05) is 0 Å². The summed E-state index contributed by atoms with van der Waals surface area (Å²) in [6.07, 6.45) is -4.31. The first kappa shape index (κ1) is 14.5. The smallest absolute Gasteiger partial charge is 0.416 e. The Bertz CT molecular complexity index is 485. The lowest BCUT2D eigenvalue weighted by Gasteiger charge is -2.25. The molecule has 2 rings (SSSR count).